The zero-order valence-electron chi connectivity index (χ0n) is 9.31. The number of halogens is 1. The topological polar surface area (TPSA) is 9.23 Å². The third kappa shape index (κ3) is 1.97. The molecule has 1 nitrogen and oxygen atoms in total. The average molecular weight is 308 g/mol. The maximum absolute atomic E-state index is 5.86. The molecule has 2 fully saturated rings. The van der Waals surface area contributed by atoms with Crippen molar-refractivity contribution < 1.29 is 4.74 Å². The van der Waals surface area contributed by atoms with E-state index in [0.29, 0.717) is 16.9 Å². The maximum atomic E-state index is 5.86. The molecule has 0 bridgehead atoms. The summed E-state index contributed by atoms with van der Waals surface area (Å²) in [5, 5.41) is 0. The van der Waals surface area contributed by atoms with Gasteiger partial charge in [0.05, 0.1) is 6.10 Å². The Morgan fingerprint density at radius 1 is 1.14 bits per heavy atom. The first-order chi connectivity index (χ1) is 6.58. The minimum Gasteiger partial charge on any atom is -0.377 e. The molecule has 82 valence electrons. The molecule has 0 N–H and O–H groups in total. The SMILES string of the molecule is CC1(C)CCC2(CCOC2CI)CC1. The fourth-order valence-corrected chi connectivity index (χ4v) is 4.14. The first-order valence-corrected chi connectivity index (χ1v) is 7.28. The molecule has 1 aliphatic heterocycles. The molecule has 1 saturated heterocycles. The van der Waals surface area contributed by atoms with Crippen LogP contribution < -0.4 is 0 Å². The number of alkyl halides is 1. The molecule has 14 heavy (non-hydrogen) atoms. The van der Waals surface area contributed by atoms with Gasteiger partial charge in [0.2, 0.25) is 0 Å². The lowest BCUT2D eigenvalue weighted by Crippen LogP contribution is -2.38. The van der Waals surface area contributed by atoms with Gasteiger partial charge in [0, 0.05) is 11.0 Å². The minimum atomic E-state index is 0.555. The highest BCUT2D eigenvalue weighted by atomic mass is 127. The highest BCUT2D eigenvalue weighted by Gasteiger charge is 2.46. The fourth-order valence-electron chi connectivity index (χ4n) is 2.95. The molecule has 0 aromatic rings. The molecular formula is C12H21IO. The normalized spacial score (nSPS) is 34.9. The number of hydrogen-bond donors (Lipinski definition) is 0. The van der Waals surface area contributed by atoms with E-state index in [2.05, 4.69) is 36.4 Å². The van der Waals surface area contributed by atoms with Crippen molar-refractivity contribution in [2.24, 2.45) is 10.8 Å². The monoisotopic (exact) mass is 308 g/mol. The first-order valence-electron chi connectivity index (χ1n) is 5.76. The van der Waals surface area contributed by atoms with Crippen LogP contribution in [-0.4, -0.2) is 17.1 Å². The minimum absolute atomic E-state index is 0.555. The Hall–Kier alpha value is 0.690. The molecule has 0 amide bonds. The van der Waals surface area contributed by atoms with Gasteiger partial charge in [-0.05, 0) is 42.9 Å². The Kier molecular flexibility index (Phi) is 3.14. The Labute approximate surface area is 101 Å². The average Bonchev–Trinajstić information content (AvgIpc) is 2.54. The van der Waals surface area contributed by atoms with Crippen LogP contribution in [0.25, 0.3) is 0 Å². The zero-order valence-corrected chi connectivity index (χ0v) is 11.5. The summed E-state index contributed by atoms with van der Waals surface area (Å²) in [7, 11) is 0. The maximum Gasteiger partial charge on any atom is 0.0721 e. The van der Waals surface area contributed by atoms with Crippen molar-refractivity contribution in [3.05, 3.63) is 0 Å². The van der Waals surface area contributed by atoms with E-state index >= 15 is 0 Å². The number of ether oxygens (including phenoxy) is 1. The van der Waals surface area contributed by atoms with Crippen LogP contribution in [0.4, 0.5) is 0 Å². The fraction of sp³-hybridized carbons (Fsp3) is 1.00. The largest absolute Gasteiger partial charge is 0.377 e. The predicted octanol–water partition coefficient (Wildman–Crippen LogP) is 3.80. The quantitative estimate of drug-likeness (QED) is 0.529. The van der Waals surface area contributed by atoms with Crippen molar-refractivity contribution in [2.75, 3.05) is 11.0 Å². The van der Waals surface area contributed by atoms with Gasteiger partial charge < -0.3 is 4.74 Å². The molecule has 1 spiro atoms. The summed E-state index contributed by atoms with van der Waals surface area (Å²) in [6, 6.07) is 0. The summed E-state index contributed by atoms with van der Waals surface area (Å²) in [6.07, 6.45) is 7.45. The van der Waals surface area contributed by atoms with E-state index in [-0.39, 0.29) is 0 Å². The van der Waals surface area contributed by atoms with Gasteiger partial charge in [-0.1, -0.05) is 36.4 Å². The van der Waals surface area contributed by atoms with E-state index in [1.54, 1.807) is 0 Å². The van der Waals surface area contributed by atoms with Gasteiger partial charge in [-0.3, -0.25) is 0 Å². The molecule has 1 atom stereocenters. The van der Waals surface area contributed by atoms with Gasteiger partial charge in [0.15, 0.2) is 0 Å². The van der Waals surface area contributed by atoms with Gasteiger partial charge in [-0.15, -0.1) is 0 Å². The summed E-state index contributed by atoms with van der Waals surface area (Å²) in [4.78, 5) is 0. The molecular weight excluding hydrogens is 287 g/mol. The smallest absolute Gasteiger partial charge is 0.0721 e. The van der Waals surface area contributed by atoms with Crippen molar-refractivity contribution in [2.45, 2.75) is 52.1 Å². The van der Waals surface area contributed by atoms with E-state index in [1.807, 2.05) is 0 Å². The van der Waals surface area contributed by atoms with E-state index < -0.39 is 0 Å². The van der Waals surface area contributed by atoms with Gasteiger partial charge in [-0.2, -0.15) is 0 Å². The van der Waals surface area contributed by atoms with Crippen LogP contribution in [0.3, 0.4) is 0 Å². The van der Waals surface area contributed by atoms with Crippen molar-refractivity contribution >= 4 is 22.6 Å². The lowest BCUT2D eigenvalue weighted by atomic mass is 9.62. The van der Waals surface area contributed by atoms with E-state index in [9.17, 15) is 0 Å². The Bertz CT molecular complexity index is 202. The molecule has 2 aliphatic rings. The molecule has 0 aromatic heterocycles. The van der Waals surface area contributed by atoms with Crippen LogP contribution in [0, 0.1) is 10.8 Å². The summed E-state index contributed by atoms with van der Waals surface area (Å²) in [5.41, 5.74) is 1.15. The predicted molar refractivity (Wildman–Crippen MR) is 67.9 cm³/mol. The lowest BCUT2D eigenvalue weighted by Gasteiger charge is -2.43. The Morgan fingerprint density at radius 2 is 1.79 bits per heavy atom. The highest BCUT2D eigenvalue weighted by Crippen LogP contribution is 2.52. The Morgan fingerprint density at radius 3 is 2.36 bits per heavy atom. The summed E-state index contributed by atoms with van der Waals surface area (Å²) < 4.78 is 7.03. The second-order valence-corrected chi connectivity index (χ2v) is 6.67. The van der Waals surface area contributed by atoms with Crippen molar-refractivity contribution in [3.63, 3.8) is 0 Å². The second kappa shape index (κ2) is 3.93. The molecule has 1 unspecified atom stereocenters. The van der Waals surface area contributed by atoms with Gasteiger partial charge in [0.1, 0.15) is 0 Å². The number of rotatable bonds is 1. The number of hydrogen-bond acceptors (Lipinski definition) is 1. The standard InChI is InChI=1S/C12H21IO/c1-11(2)3-5-12(6-4-11)7-8-14-10(12)9-13/h10H,3-9H2,1-2H3. The van der Waals surface area contributed by atoms with Crippen LogP contribution in [-0.2, 0) is 4.74 Å². The van der Waals surface area contributed by atoms with Crippen LogP contribution in [0.1, 0.15) is 46.0 Å². The molecule has 1 heterocycles. The molecule has 0 aromatic carbocycles. The van der Waals surface area contributed by atoms with Crippen LogP contribution in [0.15, 0.2) is 0 Å². The first kappa shape index (κ1) is 11.2. The van der Waals surface area contributed by atoms with Gasteiger partial charge >= 0.3 is 0 Å². The van der Waals surface area contributed by atoms with Crippen molar-refractivity contribution in [1.29, 1.82) is 0 Å². The van der Waals surface area contributed by atoms with Crippen molar-refractivity contribution in [1.82, 2.24) is 0 Å². The van der Waals surface area contributed by atoms with Gasteiger partial charge in [0.25, 0.3) is 0 Å². The molecule has 1 aliphatic carbocycles. The van der Waals surface area contributed by atoms with E-state index in [0.717, 1.165) is 6.61 Å². The van der Waals surface area contributed by atoms with E-state index in [4.69, 9.17) is 4.74 Å². The van der Waals surface area contributed by atoms with Crippen LogP contribution in [0.5, 0.6) is 0 Å². The highest BCUT2D eigenvalue weighted by molar-refractivity contribution is 14.1. The Balaban J connectivity index is 2.04. The zero-order chi connectivity index (χ0) is 10.2. The third-order valence-corrected chi connectivity index (χ3v) is 5.14. The molecule has 2 heteroatoms. The van der Waals surface area contributed by atoms with Crippen molar-refractivity contribution in [3.8, 4) is 0 Å². The molecule has 1 saturated carbocycles. The summed E-state index contributed by atoms with van der Waals surface area (Å²) in [6.45, 7) is 5.83. The summed E-state index contributed by atoms with van der Waals surface area (Å²) in [5.74, 6) is 0. The third-order valence-electron chi connectivity index (χ3n) is 4.34. The van der Waals surface area contributed by atoms with Gasteiger partial charge in [-0.25, -0.2) is 0 Å². The van der Waals surface area contributed by atoms with E-state index in [1.165, 1.54) is 36.5 Å². The van der Waals surface area contributed by atoms with Crippen LogP contribution >= 0.6 is 22.6 Å². The van der Waals surface area contributed by atoms with Crippen LogP contribution in [0.2, 0.25) is 0 Å². The second-order valence-electron chi connectivity index (χ2n) is 5.79. The molecule has 2 rings (SSSR count). The summed E-state index contributed by atoms with van der Waals surface area (Å²) >= 11 is 2.49. The lowest BCUT2D eigenvalue weighted by molar-refractivity contribution is 0.0221. The molecule has 0 radical (unpaired) electrons.